The number of aromatic nitrogens is 2. The SMILES string of the molecule is CC(O)COc1cnc(-c2ccc(F)cc2)nc1. The molecule has 1 unspecified atom stereocenters. The molecule has 2 rings (SSSR count). The second-order valence-corrected chi connectivity index (χ2v) is 3.91. The maximum atomic E-state index is 12.8. The van der Waals surface area contributed by atoms with Crippen molar-refractivity contribution in [3.8, 4) is 17.1 Å². The summed E-state index contributed by atoms with van der Waals surface area (Å²) < 4.78 is 18.0. The molecular formula is C13H13FN2O2. The molecule has 1 aromatic heterocycles. The van der Waals surface area contributed by atoms with Gasteiger partial charge in [0.15, 0.2) is 11.6 Å². The van der Waals surface area contributed by atoms with Crippen molar-refractivity contribution in [3.63, 3.8) is 0 Å². The average molecular weight is 248 g/mol. The number of aliphatic hydroxyl groups is 1. The Balaban J connectivity index is 2.09. The van der Waals surface area contributed by atoms with Crippen LogP contribution in [0.15, 0.2) is 36.7 Å². The Labute approximate surface area is 104 Å². The smallest absolute Gasteiger partial charge is 0.159 e. The molecule has 0 aliphatic rings. The van der Waals surface area contributed by atoms with Crippen molar-refractivity contribution in [2.24, 2.45) is 0 Å². The number of benzene rings is 1. The number of nitrogens with zero attached hydrogens (tertiary/aromatic N) is 2. The first-order chi connectivity index (χ1) is 8.65. The first kappa shape index (κ1) is 12.4. The minimum absolute atomic E-state index is 0.194. The zero-order valence-corrected chi connectivity index (χ0v) is 9.88. The third-order valence-corrected chi connectivity index (χ3v) is 2.22. The zero-order valence-electron chi connectivity index (χ0n) is 9.88. The normalized spacial score (nSPS) is 12.2. The number of hydrogen-bond acceptors (Lipinski definition) is 4. The molecule has 0 fully saturated rings. The number of hydrogen-bond donors (Lipinski definition) is 1. The molecule has 1 heterocycles. The van der Waals surface area contributed by atoms with Gasteiger partial charge in [0.1, 0.15) is 12.4 Å². The van der Waals surface area contributed by atoms with Crippen molar-refractivity contribution in [2.45, 2.75) is 13.0 Å². The molecule has 1 N–H and O–H groups in total. The van der Waals surface area contributed by atoms with E-state index in [-0.39, 0.29) is 12.4 Å². The number of ether oxygens (including phenoxy) is 1. The molecule has 5 heteroatoms. The fourth-order valence-corrected chi connectivity index (χ4v) is 1.36. The van der Waals surface area contributed by atoms with Gasteiger partial charge in [0, 0.05) is 5.56 Å². The summed E-state index contributed by atoms with van der Waals surface area (Å²) in [7, 11) is 0. The maximum absolute atomic E-state index is 12.8. The van der Waals surface area contributed by atoms with Crippen LogP contribution in [0, 0.1) is 5.82 Å². The van der Waals surface area contributed by atoms with Crippen LogP contribution >= 0.6 is 0 Å². The molecule has 18 heavy (non-hydrogen) atoms. The van der Waals surface area contributed by atoms with Gasteiger partial charge >= 0.3 is 0 Å². The van der Waals surface area contributed by atoms with Gasteiger partial charge in [-0.15, -0.1) is 0 Å². The van der Waals surface area contributed by atoms with Crippen LogP contribution in [0.25, 0.3) is 11.4 Å². The van der Waals surface area contributed by atoms with E-state index in [0.29, 0.717) is 11.6 Å². The van der Waals surface area contributed by atoms with E-state index in [2.05, 4.69) is 9.97 Å². The number of aliphatic hydroxyl groups excluding tert-OH is 1. The molecule has 0 bridgehead atoms. The van der Waals surface area contributed by atoms with E-state index in [9.17, 15) is 4.39 Å². The molecule has 2 aromatic rings. The summed E-state index contributed by atoms with van der Waals surface area (Å²) >= 11 is 0. The summed E-state index contributed by atoms with van der Waals surface area (Å²) in [6.07, 6.45) is 2.50. The standard InChI is InChI=1S/C13H13FN2O2/c1-9(17)8-18-12-6-15-13(16-7-12)10-2-4-11(14)5-3-10/h2-7,9,17H,8H2,1H3. The average Bonchev–Trinajstić information content (AvgIpc) is 2.38. The number of halogens is 1. The summed E-state index contributed by atoms with van der Waals surface area (Å²) in [5.74, 6) is 0.691. The molecule has 0 saturated heterocycles. The lowest BCUT2D eigenvalue weighted by molar-refractivity contribution is 0.122. The molecule has 0 amide bonds. The second kappa shape index (κ2) is 5.55. The fraction of sp³-hybridized carbons (Fsp3) is 0.231. The van der Waals surface area contributed by atoms with Crippen LogP contribution in [0.1, 0.15) is 6.92 Å². The van der Waals surface area contributed by atoms with E-state index in [1.54, 1.807) is 19.1 Å². The van der Waals surface area contributed by atoms with Gasteiger partial charge in [-0.25, -0.2) is 14.4 Å². The summed E-state index contributed by atoms with van der Waals surface area (Å²) in [6.45, 7) is 1.83. The molecular weight excluding hydrogens is 235 g/mol. The molecule has 0 spiro atoms. The second-order valence-electron chi connectivity index (χ2n) is 3.91. The van der Waals surface area contributed by atoms with Gasteiger partial charge in [-0.05, 0) is 31.2 Å². The molecule has 4 nitrogen and oxygen atoms in total. The van der Waals surface area contributed by atoms with Crippen LogP contribution in [0.2, 0.25) is 0 Å². The van der Waals surface area contributed by atoms with E-state index in [4.69, 9.17) is 9.84 Å². The van der Waals surface area contributed by atoms with Crippen LogP contribution in [-0.4, -0.2) is 27.8 Å². The Morgan fingerprint density at radius 3 is 2.39 bits per heavy atom. The van der Waals surface area contributed by atoms with E-state index >= 15 is 0 Å². The van der Waals surface area contributed by atoms with Crippen LogP contribution in [-0.2, 0) is 0 Å². The Kier molecular flexibility index (Phi) is 3.84. The highest BCUT2D eigenvalue weighted by Crippen LogP contribution is 2.16. The van der Waals surface area contributed by atoms with Gasteiger partial charge in [-0.3, -0.25) is 0 Å². The van der Waals surface area contributed by atoms with Crippen molar-refractivity contribution < 1.29 is 14.2 Å². The highest BCUT2D eigenvalue weighted by atomic mass is 19.1. The summed E-state index contributed by atoms with van der Waals surface area (Å²) in [5.41, 5.74) is 0.735. The van der Waals surface area contributed by atoms with Gasteiger partial charge in [-0.1, -0.05) is 0 Å². The Bertz CT molecular complexity index is 497. The lowest BCUT2D eigenvalue weighted by Crippen LogP contribution is -2.13. The third kappa shape index (κ3) is 3.24. The topological polar surface area (TPSA) is 55.2 Å². The van der Waals surface area contributed by atoms with E-state index < -0.39 is 6.10 Å². The van der Waals surface area contributed by atoms with E-state index in [1.807, 2.05) is 0 Å². The van der Waals surface area contributed by atoms with Crippen LogP contribution in [0.5, 0.6) is 5.75 Å². The summed E-state index contributed by atoms with van der Waals surface area (Å²) in [4.78, 5) is 8.23. The summed E-state index contributed by atoms with van der Waals surface area (Å²) in [5, 5.41) is 9.07. The van der Waals surface area contributed by atoms with Crippen molar-refractivity contribution in [3.05, 3.63) is 42.5 Å². The molecule has 0 aliphatic carbocycles. The highest BCUT2D eigenvalue weighted by Gasteiger charge is 2.03. The first-order valence-corrected chi connectivity index (χ1v) is 5.54. The molecule has 1 atom stereocenters. The lowest BCUT2D eigenvalue weighted by Gasteiger charge is -2.07. The Hall–Kier alpha value is -2.01. The minimum Gasteiger partial charge on any atom is -0.488 e. The Morgan fingerprint density at radius 1 is 1.22 bits per heavy atom. The van der Waals surface area contributed by atoms with Gasteiger partial charge in [0.2, 0.25) is 0 Å². The monoisotopic (exact) mass is 248 g/mol. The van der Waals surface area contributed by atoms with Crippen molar-refractivity contribution >= 4 is 0 Å². The predicted molar refractivity (Wildman–Crippen MR) is 64.6 cm³/mol. The quantitative estimate of drug-likeness (QED) is 0.899. The largest absolute Gasteiger partial charge is 0.488 e. The zero-order chi connectivity index (χ0) is 13.0. The molecule has 0 saturated carbocycles. The van der Waals surface area contributed by atoms with Crippen molar-refractivity contribution in [1.82, 2.24) is 9.97 Å². The van der Waals surface area contributed by atoms with Gasteiger partial charge < -0.3 is 9.84 Å². The maximum Gasteiger partial charge on any atom is 0.159 e. The van der Waals surface area contributed by atoms with Gasteiger partial charge in [-0.2, -0.15) is 0 Å². The van der Waals surface area contributed by atoms with Crippen LogP contribution in [0.4, 0.5) is 4.39 Å². The van der Waals surface area contributed by atoms with Crippen LogP contribution < -0.4 is 4.74 Å². The predicted octanol–water partition coefficient (Wildman–Crippen LogP) is 2.04. The minimum atomic E-state index is -0.540. The number of rotatable bonds is 4. The van der Waals surface area contributed by atoms with Crippen molar-refractivity contribution in [2.75, 3.05) is 6.61 Å². The molecule has 0 aliphatic heterocycles. The van der Waals surface area contributed by atoms with Gasteiger partial charge in [0.25, 0.3) is 0 Å². The highest BCUT2D eigenvalue weighted by molar-refractivity contribution is 5.54. The third-order valence-electron chi connectivity index (χ3n) is 2.22. The first-order valence-electron chi connectivity index (χ1n) is 5.54. The van der Waals surface area contributed by atoms with E-state index in [1.165, 1.54) is 24.5 Å². The van der Waals surface area contributed by atoms with Crippen LogP contribution in [0.3, 0.4) is 0 Å². The van der Waals surface area contributed by atoms with Crippen molar-refractivity contribution in [1.29, 1.82) is 0 Å². The summed E-state index contributed by atoms with van der Waals surface area (Å²) in [6, 6.07) is 5.94. The molecule has 0 radical (unpaired) electrons. The molecule has 1 aromatic carbocycles. The molecule has 94 valence electrons. The van der Waals surface area contributed by atoms with Gasteiger partial charge in [0.05, 0.1) is 18.5 Å². The lowest BCUT2D eigenvalue weighted by atomic mass is 10.2. The van der Waals surface area contributed by atoms with E-state index in [0.717, 1.165) is 5.56 Å². The Morgan fingerprint density at radius 2 is 1.83 bits per heavy atom. The fourth-order valence-electron chi connectivity index (χ4n) is 1.36.